The lowest BCUT2D eigenvalue weighted by atomic mass is 9.49. The number of benzene rings is 1. The molecule has 5 rings (SSSR count). The van der Waals surface area contributed by atoms with Gasteiger partial charge in [0.15, 0.2) is 0 Å². The molecule has 0 heterocycles. The van der Waals surface area contributed by atoms with Gasteiger partial charge in [0.2, 0.25) is 5.91 Å². The Kier molecular flexibility index (Phi) is 3.92. The lowest BCUT2D eigenvalue weighted by Crippen LogP contribution is -2.54. The molecule has 1 aromatic carbocycles. The summed E-state index contributed by atoms with van der Waals surface area (Å²) >= 11 is 0. The Bertz CT molecular complexity index is 812. The third-order valence-corrected chi connectivity index (χ3v) is 7.55. The van der Waals surface area contributed by atoms with Gasteiger partial charge in [-0.3, -0.25) is 4.79 Å². The Morgan fingerprint density at radius 1 is 1.04 bits per heavy atom. The van der Waals surface area contributed by atoms with Gasteiger partial charge in [0, 0.05) is 0 Å². The van der Waals surface area contributed by atoms with Crippen molar-refractivity contribution < 1.29 is 26.4 Å². The Morgan fingerprint density at radius 3 is 2.08 bits per heavy atom. The second-order valence-electron chi connectivity index (χ2n) is 8.16. The van der Waals surface area contributed by atoms with Crippen molar-refractivity contribution in [2.45, 2.75) is 49.6 Å². The van der Waals surface area contributed by atoms with E-state index < -0.39 is 38.0 Å². The van der Waals surface area contributed by atoms with E-state index in [0.29, 0.717) is 43.1 Å². The first kappa shape index (κ1) is 17.8. The van der Waals surface area contributed by atoms with Crippen LogP contribution in [0.25, 0.3) is 0 Å². The fraction of sp³-hybridized carbons (Fsp3) is 0.611. The lowest BCUT2D eigenvalue weighted by Gasteiger charge is -2.55. The summed E-state index contributed by atoms with van der Waals surface area (Å²) in [6, 6.07) is 3.48. The van der Waals surface area contributed by atoms with Crippen LogP contribution in [0, 0.1) is 23.2 Å². The number of hydrogen-bond donors (Lipinski definition) is 1. The van der Waals surface area contributed by atoms with Gasteiger partial charge in [-0.05, 0) is 74.5 Å². The molecule has 4 bridgehead atoms. The molecule has 0 saturated heterocycles. The zero-order valence-electron chi connectivity index (χ0n) is 14.1. The van der Waals surface area contributed by atoms with E-state index in [1.54, 1.807) is 0 Å². The summed E-state index contributed by atoms with van der Waals surface area (Å²) in [7, 11) is -4.34. The smallest absolute Gasteiger partial charge is 0.273 e. The molecule has 4 aliphatic rings. The topological polar surface area (TPSA) is 63.2 Å². The van der Waals surface area contributed by atoms with Crippen LogP contribution in [0.5, 0.6) is 0 Å². The van der Waals surface area contributed by atoms with E-state index in [0.717, 1.165) is 37.5 Å². The van der Waals surface area contributed by atoms with E-state index >= 15 is 0 Å². The van der Waals surface area contributed by atoms with E-state index in [4.69, 9.17) is 0 Å². The summed E-state index contributed by atoms with van der Waals surface area (Å²) in [4.78, 5) is 12.3. The van der Waals surface area contributed by atoms with Crippen LogP contribution in [0.15, 0.2) is 29.2 Å². The molecule has 26 heavy (non-hydrogen) atoms. The average Bonchev–Trinajstić information content (AvgIpc) is 2.52. The molecule has 4 nitrogen and oxygen atoms in total. The quantitative estimate of drug-likeness (QED) is 0.860. The molecule has 0 aromatic heterocycles. The summed E-state index contributed by atoms with van der Waals surface area (Å²) in [6.07, 6.45) is 0.719. The van der Waals surface area contributed by atoms with Gasteiger partial charge in [-0.15, -0.1) is 0 Å². The molecule has 1 N–H and O–H groups in total. The zero-order valence-corrected chi connectivity index (χ0v) is 14.9. The lowest BCUT2D eigenvalue weighted by molar-refractivity contribution is -0.144. The second-order valence-corrected chi connectivity index (χ2v) is 9.84. The van der Waals surface area contributed by atoms with Gasteiger partial charge in [-0.25, -0.2) is 13.1 Å². The van der Waals surface area contributed by atoms with Crippen molar-refractivity contribution in [3.8, 4) is 0 Å². The minimum Gasteiger partial charge on any atom is -0.273 e. The molecule has 142 valence electrons. The van der Waals surface area contributed by atoms with Crippen molar-refractivity contribution >= 4 is 15.9 Å². The van der Waals surface area contributed by atoms with Crippen LogP contribution in [0.2, 0.25) is 0 Å². The molecule has 1 amide bonds. The maximum Gasteiger partial charge on any atom is 0.416 e. The van der Waals surface area contributed by atoms with Crippen LogP contribution in [-0.4, -0.2) is 14.3 Å². The molecule has 0 unspecified atom stereocenters. The fourth-order valence-electron chi connectivity index (χ4n) is 5.52. The van der Waals surface area contributed by atoms with Gasteiger partial charge >= 0.3 is 6.18 Å². The van der Waals surface area contributed by atoms with Crippen molar-refractivity contribution in [3.05, 3.63) is 29.8 Å². The third-order valence-electron chi connectivity index (χ3n) is 6.22. The van der Waals surface area contributed by atoms with E-state index in [1.165, 1.54) is 0 Å². The Hall–Kier alpha value is -1.57. The average molecular weight is 387 g/mol. The molecule has 0 spiro atoms. The van der Waals surface area contributed by atoms with Crippen LogP contribution < -0.4 is 4.72 Å². The molecule has 4 aliphatic carbocycles. The molecule has 4 fully saturated rings. The molecular weight excluding hydrogens is 367 g/mol. The summed E-state index contributed by atoms with van der Waals surface area (Å²) in [5.74, 6) is 0.837. The van der Waals surface area contributed by atoms with Gasteiger partial charge in [0.1, 0.15) is 0 Å². The summed E-state index contributed by atoms with van der Waals surface area (Å²) in [5, 5.41) is 0. The SMILES string of the molecule is O=C(NS(=O)(=O)c1cccc(C(F)(F)F)c1)C12CC3CC(CC(C3)C1)C2. The monoisotopic (exact) mass is 387 g/mol. The van der Waals surface area contributed by atoms with Gasteiger partial charge < -0.3 is 0 Å². The minimum atomic E-state index is -4.64. The number of carbonyl (C=O) groups excluding carboxylic acids is 1. The van der Waals surface area contributed by atoms with Crippen molar-refractivity contribution in [1.82, 2.24) is 4.72 Å². The first-order valence-corrected chi connectivity index (χ1v) is 10.3. The van der Waals surface area contributed by atoms with Crippen LogP contribution >= 0.6 is 0 Å². The second kappa shape index (κ2) is 5.71. The van der Waals surface area contributed by atoms with Crippen molar-refractivity contribution in [1.29, 1.82) is 0 Å². The normalized spacial score (nSPS) is 33.3. The molecule has 0 atom stereocenters. The van der Waals surface area contributed by atoms with Crippen LogP contribution in [-0.2, 0) is 21.0 Å². The highest BCUT2D eigenvalue weighted by Crippen LogP contribution is 2.60. The number of halogens is 3. The van der Waals surface area contributed by atoms with Gasteiger partial charge in [-0.2, -0.15) is 13.2 Å². The maximum atomic E-state index is 12.9. The third kappa shape index (κ3) is 3.02. The number of nitrogens with one attached hydrogen (secondary N) is 1. The first-order valence-electron chi connectivity index (χ1n) is 8.82. The summed E-state index contributed by atoms with van der Waals surface area (Å²) < 4.78 is 65.6. The molecule has 0 radical (unpaired) electrons. The van der Waals surface area contributed by atoms with Crippen LogP contribution in [0.3, 0.4) is 0 Å². The number of hydrogen-bond acceptors (Lipinski definition) is 3. The van der Waals surface area contributed by atoms with Crippen molar-refractivity contribution in [2.24, 2.45) is 23.2 Å². The molecule has 1 aromatic rings. The predicted molar refractivity (Wildman–Crippen MR) is 87.4 cm³/mol. The van der Waals surface area contributed by atoms with E-state index in [9.17, 15) is 26.4 Å². The highest BCUT2D eigenvalue weighted by molar-refractivity contribution is 7.90. The Morgan fingerprint density at radius 2 is 1.58 bits per heavy atom. The molecule has 0 aliphatic heterocycles. The standard InChI is InChI=1S/C18H20F3NO3S/c19-18(20,21)14-2-1-3-15(7-14)26(24,25)22-16(23)17-8-11-4-12(9-17)6-13(5-11)10-17/h1-3,7,11-13H,4-6,8-10H2,(H,22,23). The highest BCUT2D eigenvalue weighted by atomic mass is 32.2. The predicted octanol–water partition coefficient (Wildman–Crippen LogP) is 3.73. The van der Waals surface area contributed by atoms with Crippen LogP contribution in [0.1, 0.15) is 44.1 Å². The largest absolute Gasteiger partial charge is 0.416 e. The highest BCUT2D eigenvalue weighted by Gasteiger charge is 2.55. The van der Waals surface area contributed by atoms with Crippen LogP contribution in [0.4, 0.5) is 13.2 Å². The number of carbonyl (C=O) groups is 1. The van der Waals surface area contributed by atoms with Crippen molar-refractivity contribution in [2.75, 3.05) is 0 Å². The maximum absolute atomic E-state index is 12.9. The molecular formula is C18H20F3NO3S. The fourth-order valence-corrected chi connectivity index (χ4v) is 6.64. The van der Waals surface area contributed by atoms with E-state index in [2.05, 4.69) is 4.72 Å². The minimum absolute atomic E-state index is 0.461. The number of amides is 1. The number of alkyl halides is 3. The molecule has 4 saturated carbocycles. The van der Waals surface area contributed by atoms with Gasteiger partial charge in [-0.1, -0.05) is 6.07 Å². The number of rotatable bonds is 3. The molecule has 8 heteroatoms. The summed E-state index contributed by atoms with van der Waals surface area (Å²) in [5.41, 5.74) is -1.73. The Balaban J connectivity index is 1.58. The number of sulfonamides is 1. The van der Waals surface area contributed by atoms with Gasteiger partial charge in [0.05, 0.1) is 15.9 Å². The van der Waals surface area contributed by atoms with E-state index in [-0.39, 0.29) is 0 Å². The summed E-state index contributed by atoms with van der Waals surface area (Å²) in [6.45, 7) is 0. The first-order chi connectivity index (χ1) is 12.1. The Labute approximate surface area is 150 Å². The zero-order chi connectivity index (χ0) is 18.7. The van der Waals surface area contributed by atoms with Crippen molar-refractivity contribution in [3.63, 3.8) is 0 Å². The van der Waals surface area contributed by atoms with E-state index in [1.807, 2.05) is 0 Å². The van der Waals surface area contributed by atoms with Gasteiger partial charge in [0.25, 0.3) is 10.0 Å².